The molecule has 2 heterocycles. The molecule has 0 spiro atoms. The van der Waals surface area contributed by atoms with E-state index in [0.717, 1.165) is 44.3 Å². The first-order chi connectivity index (χ1) is 25.1. The highest BCUT2D eigenvalue weighted by atomic mass is 14.8. The Hall–Kier alpha value is -6.38. The highest BCUT2D eigenvalue weighted by molar-refractivity contribution is 6.35. The molecule has 0 saturated heterocycles. The third-order valence-electron chi connectivity index (χ3n) is 11.4. The van der Waals surface area contributed by atoms with Crippen molar-refractivity contribution in [3.8, 4) is 33.6 Å². The fraction of sp³-hybridized carbons (Fsp3) is 0.0612. The number of hydrogen-bond acceptors (Lipinski definition) is 2. The van der Waals surface area contributed by atoms with E-state index in [-0.39, 0.29) is 5.41 Å². The molecule has 0 N–H and O–H groups in total. The number of benzene rings is 8. The number of rotatable bonds is 2. The lowest BCUT2D eigenvalue weighted by Crippen LogP contribution is -2.15. The van der Waals surface area contributed by atoms with Crippen LogP contribution in [0.4, 0.5) is 0 Å². The van der Waals surface area contributed by atoms with Crippen LogP contribution in [0.3, 0.4) is 0 Å². The highest BCUT2D eigenvalue weighted by Crippen LogP contribution is 2.56. The van der Waals surface area contributed by atoms with Crippen LogP contribution >= 0.6 is 0 Å². The van der Waals surface area contributed by atoms with E-state index < -0.39 is 0 Å². The molecule has 2 nitrogen and oxygen atoms in total. The van der Waals surface area contributed by atoms with Crippen molar-refractivity contribution in [1.29, 1.82) is 0 Å². The molecule has 0 saturated carbocycles. The SMILES string of the molecule is CC1(C)c2ccccc2-c2c1c1c3ccccc3c3cc(-c4ccc5ccc6ccc(-c7ccccc7)nc6c5n4)ccc3c1c1ccccc21. The van der Waals surface area contributed by atoms with E-state index in [1.54, 1.807) is 0 Å². The molecule has 238 valence electrons. The normalized spacial score (nSPS) is 13.5. The van der Waals surface area contributed by atoms with Gasteiger partial charge in [0, 0.05) is 27.3 Å². The second-order valence-electron chi connectivity index (χ2n) is 14.5. The zero-order chi connectivity index (χ0) is 33.8. The van der Waals surface area contributed by atoms with E-state index in [9.17, 15) is 0 Å². The summed E-state index contributed by atoms with van der Waals surface area (Å²) in [6.07, 6.45) is 0. The van der Waals surface area contributed by atoms with Crippen LogP contribution in [0.25, 0.3) is 98.5 Å². The molecule has 2 aromatic heterocycles. The minimum Gasteiger partial charge on any atom is -0.245 e. The van der Waals surface area contributed by atoms with Crippen LogP contribution in [0.2, 0.25) is 0 Å². The maximum absolute atomic E-state index is 5.33. The summed E-state index contributed by atoms with van der Waals surface area (Å²) in [6, 6.07) is 57.3. The van der Waals surface area contributed by atoms with Crippen molar-refractivity contribution in [3.63, 3.8) is 0 Å². The molecule has 1 aliphatic carbocycles. The van der Waals surface area contributed by atoms with Gasteiger partial charge in [0.1, 0.15) is 0 Å². The van der Waals surface area contributed by atoms with Gasteiger partial charge in [-0.05, 0) is 83.5 Å². The van der Waals surface area contributed by atoms with Crippen molar-refractivity contribution in [1.82, 2.24) is 9.97 Å². The Bertz CT molecular complexity index is 3100. The number of fused-ring (bicyclic) bond motifs is 16. The van der Waals surface area contributed by atoms with Crippen LogP contribution in [-0.2, 0) is 5.41 Å². The van der Waals surface area contributed by atoms with Crippen LogP contribution in [0.5, 0.6) is 0 Å². The molecular formula is C49H32N2. The molecule has 0 aliphatic heterocycles. The average molecular weight is 649 g/mol. The van der Waals surface area contributed by atoms with Gasteiger partial charge in [-0.3, -0.25) is 0 Å². The Kier molecular flexibility index (Phi) is 5.76. The zero-order valence-electron chi connectivity index (χ0n) is 28.4. The number of pyridine rings is 2. The third kappa shape index (κ3) is 3.93. The molecule has 1 aliphatic rings. The molecule has 2 heteroatoms. The number of aromatic nitrogens is 2. The van der Waals surface area contributed by atoms with Gasteiger partial charge in [0.05, 0.1) is 22.4 Å². The second kappa shape index (κ2) is 10.3. The minimum absolute atomic E-state index is 0.142. The first-order valence-electron chi connectivity index (χ1n) is 17.8. The average Bonchev–Trinajstić information content (AvgIpc) is 3.44. The third-order valence-corrected chi connectivity index (χ3v) is 11.4. The van der Waals surface area contributed by atoms with Crippen molar-refractivity contribution in [3.05, 3.63) is 169 Å². The summed E-state index contributed by atoms with van der Waals surface area (Å²) in [6.45, 7) is 4.81. The molecule has 0 bridgehead atoms. The quantitative estimate of drug-likeness (QED) is 0.174. The van der Waals surface area contributed by atoms with Gasteiger partial charge in [-0.1, -0.05) is 153 Å². The first-order valence-corrected chi connectivity index (χ1v) is 17.8. The Morgan fingerprint density at radius 1 is 0.412 bits per heavy atom. The summed E-state index contributed by atoms with van der Waals surface area (Å²) in [5.74, 6) is 0. The van der Waals surface area contributed by atoms with Crippen molar-refractivity contribution < 1.29 is 0 Å². The Morgan fingerprint density at radius 3 is 1.69 bits per heavy atom. The molecule has 11 rings (SSSR count). The van der Waals surface area contributed by atoms with E-state index in [0.29, 0.717) is 0 Å². The molecule has 0 unspecified atom stereocenters. The molecule has 8 aromatic carbocycles. The van der Waals surface area contributed by atoms with Gasteiger partial charge in [-0.2, -0.15) is 0 Å². The lowest BCUT2D eigenvalue weighted by atomic mass is 9.77. The number of hydrogen-bond donors (Lipinski definition) is 0. The summed E-state index contributed by atoms with van der Waals surface area (Å²) >= 11 is 0. The fourth-order valence-electron chi connectivity index (χ4n) is 9.05. The Balaban J connectivity index is 1.20. The molecule has 10 aromatic rings. The van der Waals surface area contributed by atoms with E-state index in [1.807, 2.05) is 6.07 Å². The molecule has 0 atom stereocenters. The lowest BCUT2D eigenvalue weighted by Gasteiger charge is -2.26. The molecule has 0 radical (unpaired) electrons. The van der Waals surface area contributed by atoms with Crippen LogP contribution in [0.15, 0.2) is 158 Å². The zero-order valence-corrected chi connectivity index (χ0v) is 28.4. The van der Waals surface area contributed by atoms with Gasteiger partial charge in [0.25, 0.3) is 0 Å². The highest BCUT2D eigenvalue weighted by Gasteiger charge is 2.39. The van der Waals surface area contributed by atoms with Crippen LogP contribution in [0, 0.1) is 0 Å². The largest absolute Gasteiger partial charge is 0.245 e. The molecule has 51 heavy (non-hydrogen) atoms. The van der Waals surface area contributed by atoms with E-state index >= 15 is 0 Å². The van der Waals surface area contributed by atoms with Crippen LogP contribution in [-0.4, -0.2) is 9.97 Å². The maximum Gasteiger partial charge on any atom is 0.0972 e. The van der Waals surface area contributed by atoms with Crippen molar-refractivity contribution in [2.45, 2.75) is 19.3 Å². The van der Waals surface area contributed by atoms with Gasteiger partial charge < -0.3 is 0 Å². The van der Waals surface area contributed by atoms with Crippen molar-refractivity contribution in [2.24, 2.45) is 0 Å². The summed E-state index contributed by atoms with van der Waals surface area (Å²) in [7, 11) is 0. The van der Waals surface area contributed by atoms with Gasteiger partial charge in [0.2, 0.25) is 0 Å². The van der Waals surface area contributed by atoms with Crippen molar-refractivity contribution in [2.75, 3.05) is 0 Å². The summed E-state index contributed by atoms with van der Waals surface area (Å²) in [4.78, 5) is 10.5. The summed E-state index contributed by atoms with van der Waals surface area (Å²) < 4.78 is 0. The second-order valence-corrected chi connectivity index (χ2v) is 14.5. The predicted molar refractivity (Wildman–Crippen MR) is 216 cm³/mol. The number of nitrogens with zero attached hydrogens (tertiary/aromatic N) is 2. The smallest absolute Gasteiger partial charge is 0.0972 e. The van der Waals surface area contributed by atoms with Crippen LogP contribution in [0.1, 0.15) is 25.0 Å². The predicted octanol–water partition coefficient (Wildman–Crippen LogP) is 13.0. The van der Waals surface area contributed by atoms with Gasteiger partial charge >= 0.3 is 0 Å². The summed E-state index contributed by atoms with van der Waals surface area (Å²) in [5.41, 5.74) is 11.4. The van der Waals surface area contributed by atoms with Gasteiger partial charge in [0.15, 0.2) is 0 Å². The van der Waals surface area contributed by atoms with Gasteiger partial charge in [-0.25, -0.2) is 9.97 Å². The standard InChI is InChI=1S/C49H32N2/c1-49(2)40-19-11-10-18-38(40)44-36-17-9-8-16-35(36)43-37-25-22-32(28-39(37)33-14-6-7-15-34(33)45(43)46(44)49)42-27-24-31-21-20-30-23-26-41(29-12-4-3-5-13-29)50-47(30)48(31)51-42/h3-28H,1-2H3. The monoisotopic (exact) mass is 648 g/mol. The molecule has 0 amide bonds. The molecule has 0 fully saturated rings. The molecular weight excluding hydrogens is 617 g/mol. The van der Waals surface area contributed by atoms with E-state index in [2.05, 4.69) is 166 Å². The fourth-order valence-corrected chi connectivity index (χ4v) is 9.05. The topological polar surface area (TPSA) is 25.8 Å². The lowest BCUT2D eigenvalue weighted by molar-refractivity contribution is 0.667. The van der Waals surface area contributed by atoms with E-state index in [1.165, 1.54) is 65.3 Å². The summed E-state index contributed by atoms with van der Waals surface area (Å²) in [5, 5.41) is 12.6. The van der Waals surface area contributed by atoms with Crippen LogP contribution < -0.4 is 0 Å². The Morgan fingerprint density at radius 2 is 0.961 bits per heavy atom. The Labute approximate surface area is 295 Å². The first kappa shape index (κ1) is 28.5. The maximum atomic E-state index is 5.33. The van der Waals surface area contributed by atoms with E-state index in [4.69, 9.17) is 9.97 Å². The van der Waals surface area contributed by atoms with Crippen molar-refractivity contribution >= 4 is 64.9 Å². The minimum atomic E-state index is -0.142. The van der Waals surface area contributed by atoms with Gasteiger partial charge in [-0.15, -0.1) is 0 Å².